The number of thioether (sulfide) groups is 1. The molecule has 2 rings (SSSR count). The van der Waals surface area contributed by atoms with Crippen LogP contribution < -0.4 is 5.32 Å². The van der Waals surface area contributed by atoms with Gasteiger partial charge >= 0.3 is 0 Å². The van der Waals surface area contributed by atoms with Crippen LogP contribution in [0.25, 0.3) is 0 Å². The van der Waals surface area contributed by atoms with Crippen LogP contribution in [0.4, 0.5) is 5.69 Å². The first-order valence-electron chi connectivity index (χ1n) is 6.04. The number of carbonyl (C=O) groups is 1. The van der Waals surface area contributed by atoms with Gasteiger partial charge in [0.15, 0.2) is 0 Å². The number of halogens is 2. The summed E-state index contributed by atoms with van der Waals surface area (Å²) < 4.78 is 1.02. The van der Waals surface area contributed by atoms with Gasteiger partial charge in [0.1, 0.15) is 0 Å². The van der Waals surface area contributed by atoms with E-state index in [-0.39, 0.29) is 11.2 Å². The maximum Gasteiger partial charge on any atom is 0.237 e. The normalized spacial score (nSPS) is 11.9. The number of hydrogen-bond acceptors (Lipinski definition) is 2. The van der Waals surface area contributed by atoms with Crippen molar-refractivity contribution in [1.29, 1.82) is 0 Å². The van der Waals surface area contributed by atoms with Crippen molar-refractivity contribution in [3.8, 4) is 0 Å². The molecular formula is C15H13BrClNOS. The molecule has 0 heterocycles. The average Bonchev–Trinajstić information content (AvgIpc) is 2.44. The lowest BCUT2D eigenvalue weighted by molar-refractivity contribution is -0.115. The molecule has 2 aromatic carbocycles. The maximum absolute atomic E-state index is 12.1. The second-order valence-corrected chi connectivity index (χ2v) is 6.92. The van der Waals surface area contributed by atoms with Gasteiger partial charge in [0.05, 0.1) is 16.0 Å². The first-order valence-corrected chi connectivity index (χ1v) is 8.09. The topological polar surface area (TPSA) is 29.1 Å². The predicted octanol–water partition coefficient (Wildman–Crippen LogP) is 5.22. The Morgan fingerprint density at radius 2 is 1.85 bits per heavy atom. The Morgan fingerprint density at radius 3 is 2.50 bits per heavy atom. The monoisotopic (exact) mass is 369 g/mol. The number of benzene rings is 2. The van der Waals surface area contributed by atoms with Crippen molar-refractivity contribution in [1.82, 2.24) is 0 Å². The van der Waals surface area contributed by atoms with Gasteiger partial charge in [-0.15, -0.1) is 11.8 Å². The van der Waals surface area contributed by atoms with Gasteiger partial charge < -0.3 is 5.32 Å². The number of rotatable bonds is 4. The van der Waals surface area contributed by atoms with Crippen molar-refractivity contribution in [3.05, 3.63) is 58.0 Å². The van der Waals surface area contributed by atoms with Gasteiger partial charge in [-0.1, -0.05) is 39.7 Å². The lowest BCUT2D eigenvalue weighted by Crippen LogP contribution is -2.22. The summed E-state index contributed by atoms with van der Waals surface area (Å²) in [6.45, 7) is 1.87. The van der Waals surface area contributed by atoms with E-state index in [1.807, 2.05) is 43.3 Å². The van der Waals surface area contributed by atoms with E-state index in [1.165, 1.54) is 11.8 Å². The smallest absolute Gasteiger partial charge is 0.237 e. The molecule has 1 N–H and O–H groups in total. The van der Waals surface area contributed by atoms with Crippen LogP contribution in [-0.4, -0.2) is 11.2 Å². The van der Waals surface area contributed by atoms with Gasteiger partial charge in [0, 0.05) is 9.37 Å². The van der Waals surface area contributed by atoms with E-state index in [2.05, 4.69) is 21.2 Å². The number of nitrogens with one attached hydrogen (secondary N) is 1. The fourth-order valence-electron chi connectivity index (χ4n) is 1.57. The summed E-state index contributed by atoms with van der Waals surface area (Å²) in [7, 11) is 0. The zero-order valence-corrected chi connectivity index (χ0v) is 13.9. The Kier molecular flexibility index (Phi) is 5.52. The Balaban J connectivity index is 1.99. The molecule has 1 amide bonds. The highest BCUT2D eigenvalue weighted by Gasteiger charge is 2.15. The molecule has 20 heavy (non-hydrogen) atoms. The molecule has 2 nitrogen and oxygen atoms in total. The third-order valence-corrected chi connectivity index (χ3v) is 4.60. The van der Waals surface area contributed by atoms with E-state index in [4.69, 9.17) is 11.6 Å². The van der Waals surface area contributed by atoms with Gasteiger partial charge in [0.25, 0.3) is 0 Å². The zero-order valence-electron chi connectivity index (χ0n) is 10.8. The Hall–Kier alpha value is -0.970. The minimum Gasteiger partial charge on any atom is -0.324 e. The van der Waals surface area contributed by atoms with E-state index in [9.17, 15) is 4.79 Å². The Bertz CT molecular complexity index is 603. The summed E-state index contributed by atoms with van der Waals surface area (Å²) in [5.74, 6) is -0.0639. The highest BCUT2D eigenvalue weighted by Crippen LogP contribution is 2.27. The summed E-state index contributed by atoms with van der Waals surface area (Å²) in [5.41, 5.74) is 0.641. The summed E-state index contributed by atoms with van der Waals surface area (Å²) in [5, 5.41) is 3.18. The third-order valence-electron chi connectivity index (χ3n) is 2.63. The molecule has 0 aliphatic rings. The van der Waals surface area contributed by atoms with E-state index in [0.29, 0.717) is 10.7 Å². The van der Waals surface area contributed by atoms with E-state index in [1.54, 1.807) is 12.1 Å². The summed E-state index contributed by atoms with van der Waals surface area (Å²) in [4.78, 5) is 13.2. The first kappa shape index (κ1) is 15.4. The highest BCUT2D eigenvalue weighted by molar-refractivity contribution is 9.10. The fraction of sp³-hybridized carbons (Fsp3) is 0.133. The van der Waals surface area contributed by atoms with Gasteiger partial charge in [-0.25, -0.2) is 0 Å². The molecule has 0 aromatic heterocycles. The van der Waals surface area contributed by atoms with Crippen LogP contribution in [0.15, 0.2) is 57.9 Å². The van der Waals surface area contributed by atoms with Crippen molar-refractivity contribution in [2.24, 2.45) is 0 Å². The molecule has 0 fully saturated rings. The number of anilines is 1. The van der Waals surface area contributed by atoms with Crippen LogP contribution in [0.1, 0.15) is 6.92 Å². The molecule has 0 aliphatic carbocycles. The maximum atomic E-state index is 12.1. The Labute approximate surface area is 136 Å². The van der Waals surface area contributed by atoms with Crippen LogP contribution in [0, 0.1) is 0 Å². The van der Waals surface area contributed by atoms with E-state index >= 15 is 0 Å². The van der Waals surface area contributed by atoms with Crippen molar-refractivity contribution in [2.75, 3.05) is 5.32 Å². The van der Waals surface area contributed by atoms with Crippen LogP contribution in [0.3, 0.4) is 0 Å². The predicted molar refractivity (Wildman–Crippen MR) is 89.5 cm³/mol. The fourth-order valence-corrected chi connectivity index (χ4v) is 2.88. The lowest BCUT2D eigenvalue weighted by atomic mass is 10.3. The molecule has 0 saturated carbocycles. The standard InChI is InChI=1S/C15H13BrClNOS/c1-10(20-12-8-6-11(16)7-9-12)15(19)18-14-5-3-2-4-13(14)17/h2-10H,1H3,(H,18,19)/t10-/m1/s1. The second-order valence-electron chi connectivity index (χ2n) is 4.18. The molecule has 0 radical (unpaired) electrons. The van der Waals surface area contributed by atoms with Crippen molar-refractivity contribution in [2.45, 2.75) is 17.1 Å². The zero-order chi connectivity index (χ0) is 14.5. The van der Waals surface area contributed by atoms with Crippen LogP contribution in [0.5, 0.6) is 0 Å². The minimum atomic E-state index is -0.201. The van der Waals surface area contributed by atoms with Crippen molar-refractivity contribution in [3.63, 3.8) is 0 Å². The highest BCUT2D eigenvalue weighted by atomic mass is 79.9. The molecule has 0 aliphatic heterocycles. The Morgan fingerprint density at radius 1 is 1.20 bits per heavy atom. The minimum absolute atomic E-state index is 0.0639. The number of amides is 1. The van der Waals surface area contributed by atoms with Crippen molar-refractivity contribution >= 4 is 50.9 Å². The largest absolute Gasteiger partial charge is 0.324 e. The van der Waals surface area contributed by atoms with Crippen LogP contribution in [-0.2, 0) is 4.79 Å². The van der Waals surface area contributed by atoms with Gasteiger partial charge in [-0.3, -0.25) is 4.79 Å². The molecule has 2 aromatic rings. The molecule has 0 bridgehead atoms. The van der Waals surface area contributed by atoms with Crippen LogP contribution in [0.2, 0.25) is 5.02 Å². The summed E-state index contributed by atoms with van der Waals surface area (Å²) in [6, 6.07) is 15.1. The summed E-state index contributed by atoms with van der Waals surface area (Å²) in [6.07, 6.45) is 0. The molecule has 0 spiro atoms. The second kappa shape index (κ2) is 7.16. The van der Waals surface area contributed by atoms with Crippen LogP contribution >= 0.6 is 39.3 Å². The lowest BCUT2D eigenvalue weighted by Gasteiger charge is -2.13. The molecule has 5 heteroatoms. The number of carbonyl (C=O) groups excluding carboxylic acids is 1. The quantitative estimate of drug-likeness (QED) is 0.747. The number of hydrogen-bond donors (Lipinski definition) is 1. The number of para-hydroxylation sites is 1. The molecular weight excluding hydrogens is 358 g/mol. The van der Waals surface area contributed by atoms with Crippen molar-refractivity contribution < 1.29 is 4.79 Å². The SMILES string of the molecule is C[C@@H](Sc1ccc(Br)cc1)C(=O)Nc1ccccc1Cl. The van der Waals surface area contributed by atoms with Gasteiger partial charge in [0.2, 0.25) is 5.91 Å². The third kappa shape index (κ3) is 4.27. The first-order chi connectivity index (χ1) is 9.56. The average molecular weight is 371 g/mol. The van der Waals surface area contributed by atoms with Gasteiger partial charge in [-0.05, 0) is 43.3 Å². The molecule has 0 saturated heterocycles. The van der Waals surface area contributed by atoms with E-state index in [0.717, 1.165) is 9.37 Å². The van der Waals surface area contributed by atoms with E-state index < -0.39 is 0 Å². The molecule has 0 unspecified atom stereocenters. The molecule has 104 valence electrons. The van der Waals surface area contributed by atoms with Gasteiger partial charge in [-0.2, -0.15) is 0 Å². The summed E-state index contributed by atoms with van der Waals surface area (Å²) >= 11 is 10.9. The molecule has 1 atom stereocenters.